The molecule has 1 aromatic heterocycles. The van der Waals surface area contributed by atoms with E-state index in [2.05, 4.69) is 31.4 Å². The zero-order valence-corrected chi connectivity index (χ0v) is 13.3. The van der Waals surface area contributed by atoms with Gasteiger partial charge in [0.15, 0.2) is 6.61 Å². The van der Waals surface area contributed by atoms with Crippen LogP contribution in [0, 0.1) is 13.8 Å². The normalized spacial score (nSPS) is 10.4. The molecule has 0 unspecified atom stereocenters. The van der Waals surface area contributed by atoms with E-state index in [4.69, 9.17) is 16.3 Å². The standard InChI is InChI=1S/C13H13BrClN3O2/c1-7-13(8(2)18-17-7)16-12(19)6-20-11-4-3-9(14)5-10(11)15/h3-5H,6H2,1-2H3,(H,16,19)(H,17,18). The number of hydrogen-bond acceptors (Lipinski definition) is 3. The third kappa shape index (κ3) is 3.52. The summed E-state index contributed by atoms with van der Waals surface area (Å²) >= 11 is 9.31. The van der Waals surface area contributed by atoms with Crippen molar-refractivity contribution in [3.63, 3.8) is 0 Å². The number of anilines is 1. The molecule has 0 aliphatic carbocycles. The molecule has 0 radical (unpaired) electrons. The molecule has 0 spiro atoms. The minimum atomic E-state index is -0.267. The number of halogens is 2. The minimum absolute atomic E-state index is 0.120. The van der Waals surface area contributed by atoms with Crippen LogP contribution in [-0.2, 0) is 4.79 Å². The van der Waals surface area contributed by atoms with E-state index in [-0.39, 0.29) is 12.5 Å². The van der Waals surface area contributed by atoms with Crippen molar-refractivity contribution in [2.45, 2.75) is 13.8 Å². The summed E-state index contributed by atoms with van der Waals surface area (Å²) in [7, 11) is 0. The van der Waals surface area contributed by atoms with Crippen LogP contribution in [0.3, 0.4) is 0 Å². The number of carbonyl (C=O) groups excluding carboxylic acids is 1. The number of ether oxygens (including phenoxy) is 1. The summed E-state index contributed by atoms with van der Waals surface area (Å²) in [4.78, 5) is 11.8. The number of aromatic amines is 1. The summed E-state index contributed by atoms with van der Waals surface area (Å²) in [5.41, 5.74) is 2.22. The monoisotopic (exact) mass is 357 g/mol. The van der Waals surface area contributed by atoms with Crippen molar-refractivity contribution in [1.29, 1.82) is 0 Å². The van der Waals surface area contributed by atoms with Crippen LogP contribution in [-0.4, -0.2) is 22.7 Å². The zero-order valence-electron chi connectivity index (χ0n) is 11.0. The van der Waals surface area contributed by atoms with Crippen molar-refractivity contribution in [2.24, 2.45) is 0 Å². The Bertz CT molecular complexity index is 623. The average molecular weight is 359 g/mol. The molecular weight excluding hydrogens is 346 g/mol. The van der Waals surface area contributed by atoms with Crippen molar-refractivity contribution in [1.82, 2.24) is 10.2 Å². The molecule has 2 N–H and O–H groups in total. The summed E-state index contributed by atoms with van der Waals surface area (Å²) in [6, 6.07) is 5.21. The lowest BCUT2D eigenvalue weighted by Crippen LogP contribution is -2.20. The van der Waals surface area contributed by atoms with Crippen LogP contribution in [0.15, 0.2) is 22.7 Å². The molecule has 0 saturated carbocycles. The highest BCUT2D eigenvalue weighted by Crippen LogP contribution is 2.27. The maximum absolute atomic E-state index is 11.8. The fourth-order valence-electron chi connectivity index (χ4n) is 1.65. The van der Waals surface area contributed by atoms with Crippen LogP contribution in [0.1, 0.15) is 11.4 Å². The zero-order chi connectivity index (χ0) is 14.7. The molecule has 5 nitrogen and oxygen atoms in total. The van der Waals surface area contributed by atoms with Crippen molar-refractivity contribution < 1.29 is 9.53 Å². The molecule has 7 heteroatoms. The predicted octanol–water partition coefficient (Wildman–Crippen LogP) is 3.46. The van der Waals surface area contributed by atoms with E-state index in [1.165, 1.54) is 0 Å². The van der Waals surface area contributed by atoms with Gasteiger partial charge in [0.05, 0.1) is 22.1 Å². The average Bonchev–Trinajstić information content (AvgIpc) is 2.69. The lowest BCUT2D eigenvalue weighted by Gasteiger charge is -2.09. The highest BCUT2D eigenvalue weighted by molar-refractivity contribution is 9.10. The molecule has 0 atom stereocenters. The topological polar surface area (TPSA) is 67.0 Å². The van der Waals surface area contributed by atoms with Gasteiger partial charge in [-0.25, -0.2) is 0 Å². The van der Waals surface area contributed by atoms with Gasteiger partial charge in [-0.15, -0.1) is 0 Å². The van der Waals surface area contributed by atoms with Gasteiger partial charge in [-0.2, -0.15) is 5.10 Å². The Hall–Kier alpha value is -1.53. The number of rotatable bonds is 4. The van der Waals surface area contributed by atoms with Crippen molar-refractivity contribution in [2.75, 3.05) is 11.9 Å². The number of hydrogen-bond donors (Lipinski definition) is 2. The van der Waals surface area contributed by atoms with Gasteiger partial charge in [-0.05, 0) is 32.0 Å². The molecule has 1 aromatic carbocycles. The quantitative estimate of drug-likeness (QED) is 0.879. The van der Waals surface area contributed by atoms with Gasteiger partial charge in [0.2, 0.25) is 0 Å². The summed E-state index contributed by atoms with van der Waals surface area (Å²) in [5.74, 6) is 0.197. The van der Waals surface area contributed by atoms with Crippen LogP contribution < -0.4 is 10.1 Å². The molecule has 1 heterocycles. The number of H-pyrrole nitrogens is 1. The lowest BCUT2D eigenvalue weighted by molar-refractivity contribution is -0.118. The van der Waals surface area contributed by atoms with E-state index in [0.717, 1.165) is 15.9 Å². The third-order valence-corrected chi connectivity index (χ3v) is 3.43. The van der Waals surface area contributed by atoms with Crippen molar-refractivity contribution >= 4 is 39.1 Å². The SMILES string of the molecule is Cc1n[nH]c(C)c1NC(=O)COc1ccc(Br)cc1Cl. The molecule has 0 fully saturated rings. The Morgan fingerprint density at radius 1 is 1.50 bits per heavy atom. The van der Waals surface area contributed by atoms with E-state index >= 15 is 0 Å². The lowest BCUT2D eigenvalue weighted by atomic mass is 10.3. The predicted molar refractivity (Wildman–Crippen MR) is 81.3 cm³/mol. The van der Waals surface area contributed by atoms with E-state index in [1.807, 2.05) is 13.8 Å². The molecule has 0 saturated heterocycles. The Morgan fingerprint density at radius 3 is 2.85 bits per heavy atom. The van der Waals surface area contributed by atoms with Crippen molar-refractivity contribution in [3.05, 3.63) is 39.1 Å². The van der Waals surface area contributed by atoms with Gasteiger partial charge in [0.1, 0.15) is 5.75 Å². The van der Waals surface area contributed by atoms with Gasteiger partial charge < -0.3 is 10.1 Å². The van der Waals surface area contributed by atoms with Gasteiger partial charge in [-0.3, -0.25) is 9.89 Å². The molecule has 2 rings (SSSR count). The first-order chi connectivity index (χ1) is 9.47. The summed E-state index contributed by atoms with van der Waals surface area (Å²) in [6.45, 7) is 3.53. The minimum Gasteiger partial charge on any atom is -0.482 e. The molecule has 0 bridgehead atoms. The maximum atomic E-state index is 11.8. The fourth-order valence-corrected chi connectivity index (χ4v) is 2.37. The van der Waals surface area contributed by atoms with Crippen LogP contribution in [0.2, 0.25) is 5.02 Å². The Kier molecular flexibility index (Phi) is 4.67. The third-order valence-electron chi connectivity index (χ3n) is 2.65. The molecule has 2 aromatic rings. The number of amides is 1. The maximum Gasteiger partial charge on any atom is 0.262 e. The first-order valence-electron chi connectivity index (χ1n) is 5.86. The smallest absolute Gasteiger partial charge is 0.262 e. The number of aromatic nitrogens is 2. The second kappa shape index (κ2) is 6.28. The first kappa shape index (κ1) is 14.9. The van der Waals surface area contributed by atoms with Gasteiger partial charge in [0, 0.05) is 4.47 Å². The summed E-state index contributed by atoms with van der Waals surface area (Å²) < 4.78 is 6.24. The Morgan fingerprint density at radius 2 is 2.25 bits per heavy atom. The highest BCUT2D eigenvalue weighted by Gasteiger charge is 2.11. The second-order valence-corrected chi connectivity index (χ2v) is 5.54. The number of aryl methyl sites for hydroxylation is 2. The van der Waals surface area contributed by atoms with Gasteiger partial charge >= 0.3 is 0 Å². The summed E-state index contributed by atoms with van der Waals surface area (Å²) in [6.07, 6.45) is 0. The van der Waals surface area contributed by atoms with E-state index in [0.29, 0.717) is 16.5 Å². The van der Waals surface area contributed by atoms with E-state index in [1.54, 1.807) is 18.2 Å². The second-order valence-electron chi connectivity index (χ2n) is 4.22. The number of nitrogens with zero attached hydrogens (tertiary/aromatic N) is 1. The van der Waals surface area contributed by atoms with Crippen molar-refractivity contribution in [3.8, 4) is 5.75 Å². The van der Waals surface area contributed by atoms with Gasteiger partial charge in [-0.1, -0.05) is 27.5 Å². The largest absolute Gasteiger partial charge is 0.482 e. The molecule has 0 aliphatic heterocycles. The number of benzene rings is 1. The fraction of sp³-hybridized carbons (Fsp3) is 0.231. The Balaban J connectivity index is 1.96. The Labute approximate surface area is 129 Å². The first-order valence-corrected chi connectivity index (χ1v) is 7.03. The van der Waals surface area contributed by atoms with Crippen LogP contribution >= 0.6 is 27.5 Å². The number of carbonyl (C=O) groups is 1. The summed E-state index contributed by atoms with van der Waals surface area (Å²) in [5, 5.41) is 10.0. The molecule has 20 heavy (non-hydrogen) atoms. The van der Waals surface area contributed by atoms with E-state index in [9.17, 15) is 4.79 Å². The van der Waals surface area contributed by atoms with Crippen LogP contribution in [0.25, 0.3) is 0 Å². The highest BCUT2D eigenvalue weighted by atomic mass is 79.9. The van der Waals surface area contributed by atoms with Crippen LogP contribution in [0.5, 0.6) is 5.75 Å². The number of nitrogens with one attached hydrogen (secondary N) is 2. The molecular formula is C13H13BrClN3O2. The van der Waals surface area contributed by atoms with E-state index < -0.39 is 0 Å². The van der Waals surface area contributed by atoms with Crippen LogP contribution in [0.4, 0.5) is 5.69 Å². The molecule has 0 aliphatic rings. The molecule has 106 valence electrons. The van der Waals surface area contributed by atoms with Gasteiger partial charge in [0.25, 0.3) is 5.91 Å². The molecule has 1 amide bonds.